The molecule has 0 rings (SSSR count). The van der Waals surface area contributed by atoms with Crippen LogP contribution in [0.3, 0.4) is 0 Å². The first-order chi connectivity index (χ1) is 6.61. The van der Waals surface area contributed by atoms with Crippen LogP contribution in [0.2, 0.25) is 0 Å². The zero-order valence-corrected chi connectivity index (χ0v) is 10.1. The van der Waals surface area contributed by atoms with Crippen LogP contribution in [0, 0.1) is 0 Å². The summed E-state index contributed by atoms with van der Waals surface area (Å²) in [6.45, 7) is 5.90. The number of hydrogen-bond donors (Lipinski definition) is 5. The van der Waals surface area contributed by atoms with Crippen LogP contribution in [0.15, 0.2) is 0 Å². The van der Waals surface area contributed by atoms with Crippen LogP contribution in [0.5, 0.6) is 0 Å². The van der Waals surface area contributed by atoms with Gasteiger partial charge in [0.2, 0.25) is 0 Å². The van der Waals surface area contributed by atoms with E-state index in [-0.39, 0.29) is 6.15 Å². The lowest BCUT2D eigenvalue weighted by molar-refractivity contribution is -0.135. The fraction of sp³-hybridized carbons (Fsp3) is 0.625. The number of carboxylic acids is 3. The zero-order valence-electron chi connectivity index (χ0n) is 10.1. The van der Waals surface area contributed by atoms with Gasteiger partial charge in [0.15, 0.2) is 0 Å². The smallest absolute Gasteiger partial charge is 0.300 e. The van der Waals surface area contributed by atoms with Crippen molar-refractivity contribution in [2.45, 2.75) is 27.7 Å². The Labute approximate surface area is 94.7 Å². The molecule has 0 fully saturated rings. The van der Waals surface area contributed by atoms with Gasteiger partial charge in [-0.05, 0) is 6.54 Å². The molecule has 0 amide bonds. The SMILES string of the molecule is CC(=O)O.CC(=O)O.CC(=O)O.CCN.N. The first-order valence-electron chi connectivity index (χ1n) is 3.90. The molecule has 0 aromatic heterocycles. The van der Waals surface area contributed by atoms with Gasteiger partial charge >= 0.3 is 0 Å². The monoisotopic (exact) mass is 242 g/mol. The number of nitrogens with two attached hydrogens (primary N) is 1. The van der Waals surface area contributed by atoms with Crippen molar-refractivity contribution in [3.05, 3.63) is 0 Å². The highest BCUT2D eigenvalue weighted by molar-refractivity contribution is 5.63. The molecular weight excluding hydrogens is 220 g/mol. The van der Waals surface area contributed by atoms with Gasteiger partial charge in [-0.15, -0.1) is 0 Å². The van der Waals surface area contributed by atoms with Crippen molar-refractivity contribution in [3.63, 3.8) is 0 Å². The Bertz CT molecular complexity index is 131. The minimum atomic E-state index is -0.833. The summed E-state index contributed by atoms with van der Waals surface area (Å²) in [4.78, 5) is 27.0. The van der Waals surface area contributed by atoms with Crippen molar-refractivity contribution >= 4 is 17.9 Å². The van der Waals surface area contributed by atoms with Crippen molar-refractivity contribution < 1.29 is 29.7 Å². The van der Waals surface area contributed by atoms with Crippen LogP contribution in [0.25, 0.3) is 0 Å². The summed E-state index contributed by atoms with van der Waals surface area (Å²) >= 11 is 0. The second kappa shape index (κ2) is 29.2. The standard InChI is InChI=1S/C2H7N.3C2H4O2.H3N/c1-2-3;3*1-2(3)4;/h2-3H2,1H3;3*1H3,(H,3,4);1H3. The van der Waals surface area contributed by atoms with E-state index in [1.807, 2.05) is 6.92 Å². The third-order valence-corrected chi connectivity index (χ3v) is 0. The number of carbonyl (C=O) groups is 3. The molecule has 0 atom stereocenters. The van der Waals surface area contributed by atoms with Crippen molar-refractivity contribution in [3.8, 4) is 0 Å². The Kier molecular flexibility index (Phi) is 53.4. The molecule has 0 unspecified atom stereocenters. The maximum Gasteiger partial charge on any atom is 0.300 e. The molecule has 0 aliphatic carbocycles. The Morgan fingerprint density at radius 1 is 0.875 bits per heavy atom. The van der Waals surface area contributed by atoms with E-state index in [2.05, 4.69) is 0 Å². The van der Waals surface area contributed by atoms with Crippen LogP contribution in [-0.4, -0.2) is 39.8 Å². The second-order valence-electron chi connectivity index (χ2n) is 1.97. The number of aliphatic carboxylic acids is 3. The quantitative estimate of drug-likeness (QED) is 0.405. The first kappa shape index (κ1) is 29.3. The second-order valence-corrected chi connectivity index (χ2v) is 1.97. The van der Waals surface area contributed by atoms with E-state index in [1.54, 1.807) is 0 Å². The molecule has 0 aromatic carbocycles. The molecule has 0 bridgehead atoms. The van der Waals surface area contributed by atoms with Crippen molar-refractivity contribution in [2.24, 2.45) is 5.73 Å². The van der Waals surface area contributed by atoms with E-state index in [0.717, 1.165) is 27.3 Å². The molecule has 0 aliphatic rings. The average molecular weight is 242 g/mol. The Balaban J connectivity index is -0.0000000331. The van der Waals surface area contributed by atoms with E-state index >= 15 is 0 Å². The van der Waals surface area contributed by atoms with Gasteiger partial charge in [-0.3, -0.25) is 14.4 Å². The Hall–Kier alpha value is -1.67. The lowest BCUT2D eigenvalue weighted by Gasteiger charge is -1.59. The van der Waals surface area contributed by atoms with Gasteiger partial charge < -0.3 is 27.2 Å². The molecule has 8 N–H and O–H groups in total. The summed E-state index contributed by atoms with van der Waals surface area (Å²) in [6.07, 6.45) is 0. The van der Waals surface area contributed by atoms with Crippen molar-refractivity contribution in [1.82, 2.24) is 6.15 Å². The van der Waals surface area contributed by atoms with Crippen LogP contribution in [0.1, 0.15) is 27.7 Å². The molecule has 0 aliphatic heterocycles. The maximum absolute atomic E-state index is 9.00. The Morgan fingerprint density at radius 3 is 0.875 bits per heavy atom. The molecule has 0 radical (unpaired) electrons. The number of rotatable bonds is 0. The predicted octanol–water partition coefficient (Wildman–Crippen LogP) is 0.400. The van der Waals surface area contributed by atoms with E-state index in [4.69, 9.17) is 35.4 Å². The van der Waals surface area contributed by atoms with Gasteiger partial charge in [-0.1, -0.05) is 6.92 Å². The summed E-state index contributed by atoms with van der Waals surface area (Å²) < 4.78 is 0. The fourth-order valence-corrected chi connectivity index (χ4v) is 0. The summed E-state index contributed by atoms with van der Waals surface area (Å²) in [7, 11) is 0. The molecule has 0 heterocycles. The largest absolute Gasteiger partial charge is 0.481 e. The molecule has 100 valence electrons. The van der Waals surface area contributed by atoms with Gasteiger partial charge in [-0.25, -0.2) is 0 Å². The van der Waals surface area contributed by atoms with Gasteiger partial charge in [0.25, 0.3) is 17.9 Å². The third kappa shape index (κ3) is 568. The topological polar surface area (TPSA) is 173 Å². The fourth-order valence-electron chi connectivity index (χ4n) is 0. The average Bonchev–Trinajstić information content (AvgIpc) is 1.81. The van der Waals surface area contributed by atoms with E-state index in [1.165, 1.54) is 0 Å². The summed E-state index contributed by atoms with van der Waals surface area (Å²) in [5.74, 6) is -2.50. The van der Waals surface area contributed by atoms with Crippen LogP contribution in [0.4, 0.5) is 0 Å². The van der Waals surface area contributed by atoms with E-state index in [0.29, 0.717) is 0 Å². The van der Waals surface area contributed by atoms with Crippen LogP contribution < -0.4 is 11.9 Å². The lowest BCUT2D eigenvalue weighted by Crippen LogP contribution is -1.87. The van der Waals surface area contributed by atoms with E-state index < -0.39 is 17.9 Å². The van der Waals surface area contributed by atoms with Gasteiger partial charge in [-0.2, -0.15) is 0 Å². The Morgan fingerprint density at radius 2 is 0.875 bits per heavy atom. The van der Waals surface area contributed by atoms with Crippen LogP contribution in [-0.2, 0) is 14.4 Å². The number of hydrogen-bond acceptors (Lipinski definition) is 5. The highest BCUT2D eigenvalue weighted by Crippen LogP contribution is 1.42. The summed E-state index contributed by atoms with van der Waals surface area (Å²) in [5.41, 5.74) is 4.85. The number of carboxylic acid groups (broad SMARTS) is 3. The first-order valence-corrected chi connectivity index (χ1v) is 3.90. The van der Waals surface area contributed by atoms with Gasteiger partial charge in [0.1, 0.15) is 0 Å². The highest BCUT2D eigenvalue weighted by Gasteiger charge is 1.66. The van der Waals surface area contributed by atoms with Crippen molar-refractivity contribution in [1.29, 1.82) is 0 Å². The minimum absolute atomic E-state index is 0. The normalized spacial score (nSPS) is 5.81. The van der Waals surface area contributed by atoms with Crippen molar-refractivity contribution in [2.75, 3.05) is 6.54 Å². The highest BCUT2D eigenvalue weighted by atomic mass is 16.4. The molecule has 8 nitrogen and oxygen atoms in total. The molecule has 16 heavy (non-hydrogen) atoms. The zero-order chi connectivity index (χ0) is 13.4. The molecule has 0 saturated heterocycles. The van der Waals surface area contributed by atoms with Crippen LogP contribution >= 0.6 is 0 Å². The molecule has 8 heteroatoms. The molecule has 0 spiro atoms. The van der Waals surface area contributed by atoms with Gasteiger partial charge in [0.05, 0.1) is 0 Å². The van der Waals surface area contributed by atoms with E-state index in [9.17, 15) is 0 Å². The maximum atomic E-state index is 9.00. The molecule has 0 aromatic rings. The lowest BCUT2D eigenvalue weighted by atomic mass is 10.8. The third-order valence-electron chi connectivity index (χ3n) is 0. The van der Waals surface area contributed by atoms with Gasteiger partial charge in [0, 0.05) is 20.8 Å². The predicted molar refractivity (Wildman–Crippen MR) is 59.7 cm³/mol. The minimum Gasteiger partial charge on any atom is -0.481 e. The summed E-state index contributed by atoms with van der Waals surface area (Å²) in [5, 5.41) is 22.2. The summed E-state index contributed by atoms with van der Waals surface area (Å²) in [6, 6.07) is 0. The molecular formula is C8H22N2O6. The molecule has 0 saturated carbocycles.